The highest BCUT2D eigenvalue weighted by atomic mass is 19.1. The summed E-state index contributed by atoms with van der Waals surface area (Å²) in [6, 6.07) is 4.98. The first-order chi connectivity index (χ1) is 7.61. The number of nitrogens with two attached hydrogens (primary N) is 1. The van der Waals surface area contributed by atoms with Gasteiger partial charge in [-0.1, -0.05) is 19.1 Å². The molecule has 1 aromatic carbocycles. The molecule has 0 radical (unpaired) electrons. The molecule has 3 heteroatoms. The van der Waals surface area contributed by atoms with Crippen molar-refractivity contribution in [3.05, 3.63) is 29.6 Å². The highest BCUT2D eigenvalue weighted by Crippen LogP contribution is 2.28. The SMILES string of the molecule is CCCN(CC)c1c(F)cccc1[C@H](C)N. The van der Waals surface area contributed by atoms with Gasteiger partial charge in [0.2, 0.25) is 0 Å². The molecule has 0 saturated heterocycles. The Morgan fingerprint density at radius 1 is 1.38 bits per heavy atom. The first-order valence-corrected chi connectivity index (χ1v) is 5.90. The van der Waals surface area contributed by atoms with E-state index in [1.54, 1.807) is 6.07 Å². The third kappa shape index (κ3) is 2.73. The largest absolute Gasteiger partial charge is 0.369 e. The van der Waals surface area contributed by atoms with E-state index < -0.39 is 0 Å². The number of nitrogens with zero attached hydrogens (tertiary/aromatic N) is 1. The number of halogens is 1. The van der Waals surface area contributed by atoms with Crippen LogP contribution in [0.4, 0.5) is 10.1 Å². The molecule has 2 nitrogen and oxygen atoms in total. The summed E-state index contributed by atoms with van der Waals surface area (Å²) in [4.78, 5) is 2.05. The molecule has 0 heterocycles. The first kappa shape index (κ1) is 13.0. The molecule has 1 aromatic rings. The fourth-order valence-corrected chi connectivity index (χ4v) is 1.93. The fourth-order valence-electron chi connectivity index (χ4n) is 1.93. The highest BCUT2D eigenvalue weighted by molar-refractivity contribution is 5.56. The van der Waals surface area contributed by atoms with Gasteiger partial charge in [0, 0.05) is 19.1 Å². The smallest absolute Gasteiger partial charge is 0.146 e. The Morgan fingerprint density at radius 2 is 2.06 bits per heavy atom. The Bertz CT molecular complexity index is 337. The van der Waals surface area contributed by atoms with E-state index in [0.717, 1.165) is 25.1 Å². The van der Waals surface area contributed by atoms with E-state index in [2.05, 4.69) is 6.92 Å². The normalized spacial score (nSPS) is 12.6. The van der Waals surface area contributed by atoms with Crippen LogP contribution in [0.15, 0.2) is 18.2 Å². The molecule has 16 heavy (non-hydrogen) atoms. The molecule has 0 aliphatic heterocycles. The number of hydrogen-bond acceptors (Lipinski definition) is 2. The first-order valence-electron chi connectivity index (χ1n) is 5.90. The summed E-state index contributed by atoms with van der Waals surface area (Å²) in [5.74, 6) is -0.176. The summed E-state index contributed by atoms with van der Waals surface area (Å²) in [6.45, 7) is 7.67. The van der Waals surface area contributed by atoms with Crippen molar-refractivity contribution in [2.75, 3.05) is 18.0 Å². The molecule has 0 unspecified atom stereocenters. The Morgan fingerprint density at radius 3 is 2.56 bits per heavy atom. The Labute approximate surface area is 97.3 Å². The third-order valence-corrected chi connectivity index (χ3v) is 2.70. The molecule has 0 fully saturated rings. The summed E-state index contributed by atoms with van der Waals surface area (Å²) in [6.07, 6.45) is 1.00. The number of benzene rings is 1. The molecule has 0 amide bonds. The van der Waals surface area contributed by atoms with Crippen LogP contribution in [0.3, 0.4) is 0 Å². The van der Waals surface area contributed by atoms with Crippen LogP contribution in [0, 0.1) is 5.82 Å². The Kier molecular flexibility index (Phi) is 4.74. The van der Waals surface area contributed by atoms with Crippen molar-refractivity contribution in [3.8, 4) is 0 Å². The molecular formula is C13H21FN2. The second-order valence-corrected chi connectivity index (χ2v) is 4.05. The quantitative estimate of drug-likeness (QED) is 0.832. The van der Waals surface area contributed by atoms with E-state index >= 15 is 0 Å². The molecule has 1 atom stereocenters. The highest BCUT2D eigenvalue weighted by Gasteiger charge is 2.16. The zero-order valence-electron chi connectivity index (χ0n) is 10.3. The lowest BCUT2D eigenvalue weighted by molar-refractivity contribution is 0.610. The van der Waals surface area contributed by atoms with Gasteiger partial charge in [0.15, 0.2) is 0 Å². The molecule has 0 aromatic heterocycles. The lowest BCUT2D eigenvalue weighted by Gasteiger charge is -2.27. The monoisotopic (exact) mass is 224 g/mol. The summed E-state index contributed by atoms with van der Waals surface area (Å²) in [5.41, 5.74) is 7.43. The van der Waals surface area contributed by atoms with Crippen molar-refractivity contribution in [2.45, 2.75) is 33.2 Å². The Balaban J connectivity index is 3.17. The predicted octanol–water partition coefficient (Wildman–Crippen LogP) is 3.08. The van der Waals surface area contributed by atoms with Gasteiger partial charge in [-0.25, -0.2) is 4.39 Å². The maximum Gasteiger partial charge on any atom is 0.146 e. The molecule has 0 spiro atoms. The van der Waals surface area contributed by atoms with E-state index in [4.69, 9.17) is 5.73 Å². The minimum Gasteiger partial charge on any atom is -0.369 e. The molecular weight excluding hydrogens is 203 g/mol. The van der Waals surface area contributed by atoms with Crippen LogP contribution in [-0.2, 0) is 0 Å². The van der Waals surface area contributed by atoms with Crippen LogP contribution >= 0.6 is 0 Å². The molecule has 0 aliphatic carbocycles. The number of anilines is 1. The van der Waals surface area contributed by atoms with Crippen molar-refractivity contribution in [1.82, 2.24) is 0 Å². The van der Waals surface area contributed by atoms with Gasteiger partial charge >= 0.3 is 0 Å². The second-order valence-electron chi connectivity index (χ2n) is 4.05. The van der Waals surface area contributed by atoms with Crippen molar-refractivity contribution in [1.29, 1.82) is 0 Å². The van der Waals surface area contributed by atoms with Crippen LogP contribution in [0.25, 0.3) is 0 Å². The molecule has 1 rings (SSSR count). The summed E-state index contributed by atoms with van der Waals surface area (Å²) >= 11 is 0. The van der Waals surface area contributed by atoms with Gasteiger partial charge < -0.3 is 10.6 Å². The molecule has 0 bridgehead atoms. The van der Waals surface area contributed by atoms with Gasteiger partial charge in [-0.15, -0.1) is 0 Å². The van der Waals surface area contributed by atoms with Crippen molar-refractivity contribution in [2.24, 2.45) is 5.73 Å². The fraction of sp³-hybridized carbons (Fsp3) is 0.538. The number of para-hydroxylation sites is 1. The van der Waals surface area contributed by atoms with E-state index in [1.165, 1.54) is 6.07 Å². The third-order valence-electron chi connectivity index (χ3n) is 2.70. The zero-order valence-corrected chi connectivity index (χ0v) is 10.3. The molecule has 0 aliphatic rings. The van der Waals surface area contributed by atoms with Crippen LogP contribution in [0.1, 0.15) is 38.8 Å². The van der Waals surface area contributed by atoms with Gasteiger partial charge in [-0.3, -0.25) is 0 Å². The maximum absolute atomic E-state index is 13.9. The van der Waals surface area contributed by atoms with E-state index in [-0.39, 0.29) is 11.9 Å². The maximum atomic E-state index is 13.9. The number of hydrogen-bond donors (Lipinski definition) is 1. The van der Waals surface area contributed by atoms with E-state index in [0.29, 0.717) is 5.69 Å². The summed E-state index contributed by atoms with van der Waals surface area (Å²) < 4.78 is 13.9. The van der Waals surface area contributed by atoms with E-state index in [9.17, 15) is 4.39 Å². The van der Waals surface area contributed by atoms with Crippen LogP contribution in [0.5, 0.6) is 0 Å². The van der Waals surface area contributed by atoms with Gasteiger partial charge in [0.05, 0.1) is 5.69 Å². The van der Waals surface area contributed by atoms with Crippen LogP contribution in [-0.4, -0.2) is 13.1 Å². The zero-order chi connectivity index (χ0) is 12.1. The van der Waals surface area contributed by atoms with Crippen molar-refractivity contribution >= 4 is 5.69 Å². The average Bonchev–Trinajstić information content (AvgIpc) is 2.26. The number of rotatable bonds is 5. The van der Waals surface area contributed by atoms with Crippen molar-refractivity contribution in [3.63, 3.8) is 0 Å². The summed E-state index contributed by atoms with van der Waals surface area (Å²) in [5, 5.41) is 0. The molecule has 90 valence electrons. The lowest BCUT2D eigenvalue weighted by atomic mass is 10.1. The minimum absolute atomic E-state index is 0.142. The minimum atomic E-state index is -0.176. The molecule has 0 saturated carbocycles. The predicted molar refractivity (Wildman–Crippen MR) is 67.2 cm³/mol. The summed E-state index contributed by atoms with van der Waals surface area (Å²) in [7, 11) is 0. The Hall–Kier alpha value is -1.09. The van der Waals surface area contributed by atoms with Crippen LogP contribution in [0.2, 0.25) is 0 Å². The average molecular weight is 224 g/mol. The van der Waals surface area contributed by atoms with Gasteiger partial charge in [0.1, 0.15) is 5.82 Å². The standard InChI is InChI=1S/C13H21FN2/c1-4-9-16(5-2)13-11(10(3)15)7-6-8-12(13)14/h6-8,10H,4-5,9,15H2,1-3H3/t10-/m0/s1. The van der Waals surface area contributed by atoms with Crippen LogP contribution < -0.4 is 10.6 Å². The second kappa shape index (κ2) is 5.85. The van der Waals surface area contributed by atoms with Gasteiger partial charge in [-0.2, -0.15) is 0 Å². The van der Waals surface area contributed by atoms with E-state index in [1.807, 2.05) is 24.8 Å². The molecule has 2 N–H and O–H groups in total. The topological polar surface area (TPSA) is 29.3 Å². The van der Waals surface area contributed by atoms with Gasteiger partial charge in [-0.05, 0) is 31.9 Å². The lowest BCUT2D eigenvalue weighted by Crippen LogP contribution is -2.27. The van der Waals surface area contributed by atoms with Gasteiger partial charge in [0.25, 0.3) is 0 Å². The van der Waals surface area contributed by atoms with Crippen molar-refractivity contribution < 1.29 is 4.39 Å².